The minimum absolute atomic E-state index is 0.0361. The maximum absolute atomic E-state index is 10.9. The SMILES string of the molecule is Cn1ncn(CCO)c1=O. The maximum atomic E-state index is 10.9. The molecule has 0 amide bonds. The molecule has 0 unspecified atom stereocenters. The molecule has 0 saturated carbocycles. The Morgan fingerprint density at radius 3 is 2.90 bits per heavy atom. The van der Waals surface area contributed by atoms with Crippen LogP contribution in [0, 0.1) is 0 Å². The summed E-state index contributed by atoms with van der Waals surface area (Å²) in [5, 5.41) is 12.1. The molecule has 0 bridgehead atoms. The Bertz CT molecular complexity index is 262. The van der Waals surface area contributed by atoms with Gasteiger partial charge in [-0.1, -0.05) is 0 Å². The second kappa shape index (κ2) is 2.66. The third-order valence-electron chi connectivity index (χ3n) is 1.23. The van der Waals surface area contributed by atoms with Gasteiger partial charge in [0.15, 0.2) is 0 Å². The van der Waals surface area contributed by atoms with Gasteiger partial charge in [-0.2, -0.15) is 5.10 Å². The first-order valence-electron chi connectivity index (χ1n) is 2.95. The third kappa shape index (κ3) is 1.08. The molecule has 0 aromatic carbocycles. The second-order valence-electron chi connectivity index (χ2n) is 1.95. The number of hydrogen-bond acceptors (Lipinski definition) is 3. The zero-order chi connectivity index (χ0) is 7.56. The lowest BCUT2D eigenvalue weighted by Gasteiger charge is -1.91. The van der Waals surface area contributed by atoms with Gasteiger partial charge < -0.3 is 5.11 Å². The normalized spacial score (nSPS) is 10.2. The van der Waals surface area contributed by atoms with Gasteiger partial charge in [0.1, 0.15) is 6.33 Å². The van der Waals surface area contributed by atoms with E-state index in [1.54, 1.807) is 7.05 Å². The van der Waals surface area contributed by atoms with Crippen molar-refractivity contribution in [1.29, 1.82) is 0 Å². The van der Waals surface area contributed by atoms with E-state index in [2.05, 4.69) is 5.10 Å². The molecule has 0 aliphatic heterocycles. The first-order valence-corrected chi connectivity index (χ1v) is 2.95. The molecule has 0 spiro atoms. The van der Waals surface area contributed by atoms with E-state index in [9.17, 15) is 4.79 Å². The molecule has 0 aliphatic rings. The van der Waals surface area contributed by atoms with Crippen LogP contribution in [0.5, 0.6) is 0 Å². The van der Waals surface area contributed by atoms with Crippen molar-refractivity contribution < 1.29 is 5.11 Å². The zero-order valence-electron chi connectivity index (χ0n) is 5.69. The largest absolute Gasteiger partial charge is 0.395 e. The van der Waals surface area contributed by atoms with Crippen molar-refractivity contribution in [2.75, 3.05) is 6.61 Å². The number of aliphatic hydroxyl groups is 1. The molecule has 56 valence electrons. The Balaban J connectivity index is 2.95. The van der Waals surface area contributed by atoms with E-state index in [4.69, 9.17) is 5.11 Å². The molecule has 0 radical (unpaired) electrons. The standard InChI is InChI=1S/C5H9N3O2/c1-7-5(10)8(2-3-9)4-6-7/h4,9H,2-3H2,1H3. The number of nitrogens with zero attached hydrogens (tertiary/aromatic N) is 3. The van der Waals surface area contributed by atoms with Crippen LogP contribution in [0.15, 0.2) is 11.1 Å². The van der Waals surface area contributed by atoms with Crippen molar-refractivity contribution in [3.05, 3.63) is 16.8 Å². The minimum Gasteiger partial charge on any atom is -0.395 e. The second-order valence-corrected chi connectivity index (χ2v) is 1.95. The van der Waals surface area contributed by atoms with E-state index in [-0.39, 0.29) is 12.3 Å². The maximum Gasteiger partial charge on any atom is 0.345 e. The Morgan fingerprint density at radius 2 is 2.50 bits per heavy atom. The molecule has 1 aromatic rings. The summed E-state index contributed by atoms with van der Waals surface area (Å²) in [6.07, 6.45) is 1.40. The summed E-state index contributed by atoms with van der Waals surface area (Å²) in [6, 6.07) is 0. The predicted octanol–water partition coefficient (Wildman–Crippen LogP) is -1.43. The summed E-state index contributed by atoms with van der Waals surface area (Å²) in [4.78, 5) is 10.9. The Labute approximate surface area is 57.5 Å². The smallest absolute Gasteiger partial charge is 0.345 e. The van der Waals surface area contributed by atoms with Gasteiger partial charge in [-0.25, -0.2) is 9.48 Å². The minimum atomic E-state index is -0.200. The summed E-state index contributed by atoms with van der Waals surface area (Å²) < 4.78 is 2.57. The molecule has 0 aliphatic carbocycles. The molecule has 5 heteroatoms. The van der Waals surface area contributed by atoms with Gasteiger partial charge in [0, 0.05) is 7.05 Å². The van der Waals surface area contributed by atoms with Crippen molar-refractivity contribution in [3.63, 3.8) is 0 Å². The molecular weight excluding hydrogens is 134 g/mol. The van der Waals surface area contributed by atoms with E-state index in [1.165, 1.54) is 15.6 Å². The van der Waals surface area contributed by atoms with E-state index in [0.29, 0.717) is 6.54 Å². The lowest BCUT2D eigenvalue weighted by molar-refractivity contribution is 0.274. The molecule has 1 heterocycles. The van der Waals surface area contributed by atoms with Crippen LogP contribution < -0.4 is 5.69 Å². The third-order valence-corrected chi connectivity index (χ3v) is 1.23. The molecule has 0 saturated heterocycles. The fourth-order valence-electron chi connectivity index (χ4n) is 0.686. The van der Waals surface area contributed by atoms with E-state index < -0.39 is 0 Å². The highest BCUT2D eigenvalue weighted by molar-refractivity contribution is 4.65. The fourth-order valence-corrected chi connectivity index (χ4v) is 0.686. The predicted molar refractivity (Wildman–Crippen MR) is 34.6 cm³/mol. The van der Waals surface area contributed by atoms with Crippen molar-refractivity contribution in [2.24, 2.45) is 7.05 Å². The molecule has 0 fully saturated rings. The Hall–Kier alpha value is -1.10. The molecule has 5 nitrogen and oxygen atoms in total. The first kappa shape index (κ1) is 7.01. The van der Waals surface area contributed by atoms with E-state index in [1.807, 2.05) is 0 Å². The lowest BCUT2D eigenvalue weighted by atomic mass is 10.7. The summed E-state index contributed by atoms with van der Waals surface area (Å²) in [5.41, 5.74) is -0.200. The van der Waals surface area contributed by atoms with Gasteiger partial charge >= 0.3 is 5.69 Å². The van der Waals surface area contributed by atoms with Crippen molar-refractivity contribution in [2.45, 2.75) is 6.54 Å². The molecule has 0 atom stereocenters. The first-order chi connectivity index (χ1) is 4.75. The van der Waals surface area contributed by atoms with Gasteiger partial charge in [0.2, 0.25) is 0 Å². The van der Waals surface area contributed by atoms with Crippen molar-refractivity contribution in [1.82, 2.24) is 14.3 Å². The highest BCUT2D eigenvalue weighted by Crippen LogP contribution is 1.74. The number of aliphatic hydroxyl groups excluding tert-OH is 1. The van der Waals surface area contributed by atoms with Crippen LogP contribution in [0.3, 0.4) is 0 Å². The van der Waals surface area contributed by atoms with Gasteiger partial charge in [0.05, 0.1) is 13.2 Å². The van der Waals surface area contributed by atoms with Gasteiger partial charge in [-0.15, -0.1) is 0 Å². The summed E-state index contributed by atoms with van der Waals surface area (Å²) in [6.45, 7) is 0.276. The van der Waals surface area contributed by atoms with Crippen molar-refractivity contribution in [3.8, 4) is 0 Å². The van der Waals surface area contributed by atoms with Crippen LogP contribution in [0.4, 0.5) is 0 Å². The number of aromatic nitrogens is 3. The average Bonchev–Trinajstić information content (AvgIpc) is 2.20. The van der Waals surface area contributed by atoms with Crippen LogP contribution in [0.1, 0.15) is 0 Å². The van der Waals surface area contributed by atoms with E-state index in [0.717, 1.165) is 0 Å². The average molecular weight is 143 g/mol. The molecule has 1 rings (SSSR count). The summed E-state index contributed by atoms with van der Waals surface area (Å²) in [5.74, 6) is 0. The van der Waals surface area contributed by atoms with Crippen molar-refractivity contribution >= 4 is 0 Å². The van der Waals surface area contributed by atoms with Gasteiger partial charge in [0.25, 0.3) is 0 Å². The Kier molecular flexibility index (Phi) is 1.86. The topological polar surface area (TPSA) is 60.1 Å². The zero-order valence-corrected chi connectivity index (χ0v) is 5.69. The van der Waals surface area contributed by atoms with Crippen LogP contribution in [-0.2, 0) is 13.6 Å². The summed E-state index contributed by atoms with van der Waals surface area (Å²) >= 11 is 0. The van der Waals surface area contributed by atoms with Gasteiger partial charge in [-0.3, -0.25) is 4.57 Å². The summed E-state index contributed by atoms with van der Waals surface area (Å²) in [7, 11) is 1.57. The number of hydrogen-bond donors (Lipinski definition) is 1. The molecule has 1 N–H and O–H groups in total. The number of aryl methyl sites for hydroxylation is 1. The monoisotopic (exact) mass is 143 g/mol. The number of rotatable bonds is 2. The fraction of sp³-hybridized carbons (Fsp3) is 0.600. The van der Waals surface area contributed by atoms with E-state index >= 15 is 0 Å². The quantitative estimate of drug-likeness (QED) is 0.552. The van der Waals surface area contributed by atoms with Crippen LogP contribution in [0.25, 0.3) is 0 Å². The molecule has 10 heavy (non-hydrogen) atoms. The molecular formula is C5H9N3O2. The van der Waals surface area contributed by atoms with Gasteiger partial charge in [-0.05, 0) is 0 Å². The lowest BCUT2D eigenvalue weighted by Crippen LogP contribution is -2.23. The van der Waals surface area contributed by atoms with Crippen LogP contribution >= 0.6 is 0 Å². The highest BCUT2D eigenvalue weighted by atomic mass is 16.3. The molecule has 1 aromatic heterocycles. The van der Waals surface area contributed by atoms with Crippen LogP contribution in [-0.4, -0.2) is 26.1 Å². The Morgan fingerprint density at radius 1 is 1.80 bits per heavy atom. The van der Waals surface area contributed by atoms with Crippen LogP contribution in [0.2, 0.25) is 0 Å². The highest BCUT2D eigenvalue weighted by Gasteiger charge is 1.97.